The molecule has 0 spiro atoms. The average Bonchev–Trinajstić information content (AvgIpc) is 3.17. The molecule has 0 aromatic heterocycles. The molecule has 0 saturated carbocycles. The van der Waals surface area contributed by atoms with Crippen LogP contribution in [-0.4, -0.2) is 89.6 Å². The van der Waals surface area contributed by atoms with Crippen molar-refractivity contribution in [2.24, 2.45) is 0 Å². The molecule has 1 fully saturated rings. The van der Waals surface area contributed by atoms with Gasteiger partial charge in [-0.2, -0.15) is 0 Å². The molecule has 1 saturated heterocycles. The highest BCUT2D eigenvalue weighted by molar-refractivity contribution is 5.69. The average molecular weight is 769 g/mol. The Labute approximate surface area is 330 Å². The smallest absolute Gasteiger partial charge is 0.306 e. The molecule has 9 nitrogen and oxygen atoms in total. The van der Waals surface area contributed by atoms with E-state index in [1.807, 2.05) is 0 Å². The van der Waals surface area contributed by atoms with Crippen molar-refractivity contribution in [3.8, 4) is 0 Å². The second-order valence-electron chi connectivity index (χ2n) is 15.5. The quantitative estimate of drug-likeness (QED) is 0.0275. The number of hydrogen-bond acceptors (Lipinski definition) is 9. The maximum Gasteiger partial charge on any atom is 0.306 e. The first-order valence-electron chi connectivity index (χ1n) is 22.4. The first kappa shape index (κ1) is 50.7. The van der Waals surface area contributed by atoms with Gasteiger partial charge < -0.3 is 39.4 Å². The number of aliphatic hydroxyl groups excluding tert-OH is 4. The number of aliphatic hydroxyl groups is 4. The van der Waals surface area contributed by atoms with Crippen LogP contribution in [0.1, 0.15) is 194 Å². The lowest BCUT2D eigenvalue weighted by Gasteiger charge is -2.39. The van der Waals surface area contributed by atoms with Gasteiger partial charge in [0.2, 0.25) is 0 Å². The molecular formula is C45H84O9. The molecule has 6 atom stereocenters. The fourth-order valence-electron chi connectivity index (χ4n) is 6.77. The van der Waals surface area contributed by atoms with Crippen molar-refractivity contribution in [2.45, 2.75) is 230 Å². The van der Waals surface area contributed by atoms with Crippen LogP contribution in [0.3, 0.4) is 0 Å². The van der Waals surface area contributed by atoms with E-state index in [0.29, 0.717) is 13.0 Å². The summed E-state index contributed by atoms with van der Waals surface area (Å²) < 4.78 is 22.8. The SMILES string of the molecule is CCCCC/C=C\CCCCCCCCOCC(COC1OC(CO)C(O)C(O)C1O)OC(=O)CCCCCCCCC/C=C\CCCCCCCCC. The lowest BCUT2D eigenvalue weighted by atomic mass is 9.99. The van der Waals surface area contributed by atoms with Gasteiger partial charge >= 0.3 is 5.97 Å². The van der Waals surface area contributed by atoms with Gasteiger partial charge in [0, 0.05) is 13.0 Å². The molecule has 54 heavy (non-hydrogen) atoms. The minimum Gasteiger partial charge on any atom is -0.457 e. The molecule has 1 heterocycles. The lowest BCUT2D eigenvalue weighted by molar-refractivity contribution is -0.305. The third-order valence-electron chi connectivity index (χ3n) is 10.3. The van der Waals surface area contributed by atoms with Gasteiger partial charge in [-0.05, 0) is 64.2 Å². The molecule has 318 valence electrons. The molecule has 1 aliphatic heterocycles. The number of carbonyl (C=O) groups is 1. The zero-order chi connectivity index (χ0) is 39.3. The van der Waals surface area contributed by atoms with Crippen LogP contribution < -0.4 is 0 Å². The highest BCUT2D eigenvalue weighted by Gasteiger charge is 2.44. The highest BCUT2D eigenvalue weighted by Crippen LogP contribution is 2.22. The zero-order valence-electron chi connectivity index (χ0n) is 34.7. The Balaban J connectivity index is 2.26. The molecule has 0 aliphatic carbocycles. The van der Waals surface area contributed by atoms with E-state index >= 15 is 0 Å². The highest BCUT2D eigenvalue weighted by atomic mass is 16.7. The van der Waals surface area contributed by atoms with Crippen LogP contribution in [0.2, 0.25) is 0 Å². The van der Waals surface area contributed by atoms with Gasteiger partial charge in [0.05, 0.1) is 19.8 Å². The van der Waals surface area contributed by atoms with Crippen LogP contribution in [0, 0.1) is 0 Å². The Morgan fingerprint density at radius 2 is 1.02 bits per heavy atom. The third-order valence-corrected chi connectivity index (χ3v) is 10.3. The Morgan fingerprint density at radius 3 is 1.54 bits per heavy atom. The number of ether oxygens (including phenoxy) is 4. The van der Waals surface area contributed by atoms with E-state index < -0.39 is 43.4 Å². The molecule has 0 amide bonds. The summed E-state index contributed by atoms with van der Waals surface area (Å²) in [6.45, 7) is 4.53. The summed E-state index contributed by atoms with van der Waals surface area (Å²) in [5, 5.41) is 40.1. The summed E-state index contributed by atoms with van der Waals surface area (Å²) in [6, 6.07) is 0. The van der Waals surface area contributed by atoms with Crippen molar-refractivity contribution in [2.75, 3.05) is 26.4 Å². The van der Waals surface area contributed by atoms with Gasteiger partial charge in [-0.25, -0.2) is 0 Å². The number of unbranched alkanes of at least 4 members (excludes halogenated alkanes) is 23. The lowest BCUT2D eigenvalue weighted by Crippen LogP contribution is -2.59. The van der Waals surface area contributed by atoms with Crippen molar-refractivity contribution in [1.82, 2.24) is 0 Å². The summed E-state index contributed by atoms with van der Waals surface area (Å²) in [4.78, 5) is 12.8. The summed E-state index contributed by atoms with van der Waals surface area (Å²) in [5.74, 6) is -0.319. The maximum atomic E-state index is 12.8. The van der Waals surface area contributed by atoms with E-state index in [2.05, 4.69) is 38.2 Å². The minimum atomic E-state index is -1.54. The van der Waals surface area contributed by atoms with Crippen LogP contribution in [0.15, 0.2) is 24.3 Å². The number of rotatable bonds is 38. The second-order valence-corrected chi connectivity index (χ2v) is 15.5. The Bertz CT molecular complexity index is 879. The Morgan fingerprint density at radius 1 is 0.574 bits per heavy atom. The van der Waals surface area contributed by atoms with E-state index in [4.69, 9.17) is 18.9 Å². The molecule has 0 radical (unpaired) electrons. The van der Waals surface area contributed by atoms with E-state index in [1.165, 1.54) is 135 Å². The Hall–Kier alpha value is -1.33. The topological polar surface area (TPSA) is 135 Å². The predicted molar refractivity (Wildman–Crippen MR) is 219 cm³/mol. The van der Waals surface area contributed by atoms with Crippen molar-refractivity contribution >= 4 is 5.97 Å². The van der Waals surface area contributed by atoms with Crippen LogP contribution in [-0.2, 0) is 23.7 Å². The molecule has 1 aliphatic rings. The fourth-order valence-corrected chi connectivity index (χ4v) is 6.77. The van der Waals surface area contributed by atoms with Crippen molar-refractivity contribution in [1.29, 1.82) is 0 Å². The summed E-state index contributed by atoms with van der Waals surface area (Å²) >= 11 is 0. The minimum absolute atomic E-state index is 0.115. The van der Waals surface area contributed by atoms with Crippen molar-refractivity contribution in [3.63, 3.8) is 0 Å². The largest absolute Gasteiger partial charge is 0.457 e. The number of hydrogen-bond donors (Lipinski definition) is 4. The third kappa shape index (κ3) is 28.1. The van der Waals surface area contributed by atoms with Crippen LogP contribution in [0.5, 0.6) is 0 Å². The van der Waals surface area contributed by atoms with Crippen molar-refractivity contribution < 1.29 is 44.2 Å². The molecule has 4 N–H and O–H groups in total. The monoisotopic (exact) mass is 769 g/mol. The molecule has 6 unspecified atom stereocenters. The van der Waals surface area contributed by atoms with Gasteiger partial charge in [-0.3, -0.25) is 4.79 Å². The number of esters is 1. The number of carbonyl (C=O) groups excluding carboxylic acids is 1. The molecule has 9 heteroatoms. The van der Waals surface area contributed by atoms with Crippen LogP contribution >= 0.6 is 0 Å². The maximum absolute atomic E-state index is 12.8. The molecule has 0 bridgehead atoms. The zero-order valence-corrected chi connectivity index (χ0v) is 34.7. The van der Waals surface area contributed by atoms with Gasteiger partial charge in [-0.1, -0.05) is 147 Å². The van der Waals surface area contributed by atoms with Gasteiger partial charge in [0.15, 0.2) is 6.29 Å². The molecular weight excluding hydrogens is 684 g/mol. The first-order valence-corrected chi connectivity index (χ1v) is 22.4. The second kappa shape index (κ2) is 37.3. The van der Waals surface area contributed by atoms with Crippen LogP contribution in [0.4, 0.5) is 0 Å². The Kier molecular flexibility index (Phi) is 35.0. The molecule has 0 aromatic carbocycles. The van der Waals surface area contributed by atoms with E-state index in [0.717, 1.165) is 38.5 Å². The molecule has 0 aromatic rings. The van der Waals surface area contributed by atoms with Gasteiger partial charge in [0.25, 0.3) is 0 Å². The molecule has 1 rings (SSSR count). The van der Waals surface area contributed by atoms with Crippen molar-refractivity contribution in [3.05, 3.63) is 24.3 Å². The first-order chi connectivity index (χ1) is 26.4. The van der Waals surface area contributed by atoms with E-state index in [-0.39, 0.29) is 19.2 Å². The fraction of sp³-hybridized carbons (Fsp3) is 0.889. The van der Waals surface area contributed by atoms with E-state index in [1.54, 1.807) is 0 Å². The normalized spacial score (nSPS) is 21.0. The van der Waals surface area contributed by atoms with Gasteiger partial charge in [-0.15, -0.1) is 0 Å². The summed E-state index contributed by atoms with van der Waals surface area (Å²) in [6.07, 6.45) is 34.8. The van der Waals surface area contributed by atoms with Gasteiger partial charge in [0.1, 0.15) is 30.5 Å². The summed E-state index contributed by atoms with van der Waals surface area (Å²) in [5.41, 5.74) is 0. The summed E-state index contributed by atoms with van der Waals surface area (Å²) in [7, 11) is 0. The standard InChI is InChI=1S/C45H84O9/c1-3-5-7-9-11-13-15-17-18-19-20-21-22-24-26-28-30-32-34-41(47)53-39(38-52-45-44(50)43(49)42(48)40(36-46)54-45)37-51-35-33-31-29-27-25-23-16-14-12-10-8-6-4-2/h12,14,18-19,39-40,42-46,48-50H,3-11,13,15-17,20-38H2,1-2H3/b14-12-,19-18-. The van der Waals surface area contributed by atoms with E-state index in [9.17, 15) is 25.2 Å². The number of allylic oxidation sites excluding steroid dienone is 4. The van der Waals surface area contributed by atoms with Crippen LogP contribution in [0.25, 0.3) is 0 Å². The predicted octanol–water partition coefficient (Wildman–Crippen LogP) is 9.81.